The van der Waals surface area contributed by atoms with E-state index in [9.17, 15) is 8.60 Å². The Labute approximate surface area is 118 Å². The lowest BCUT2D eigenvalue weighted by atomic mass is 10.2. The fourth-order valence-electron chi connectivity index (χ4n) is 1.65. The fraction of sp³-hybridized carbons (Fsp3) is 0.143. The number of rotatable bonds is 3. The summed E-state index contributed by atoms with van der Waals surface area (Å²) in [6.07, 6.45) is 0. The van der Waals surface area contributed by atoms with Gasteiger partial charge in [-0.05, 0) is 48.4 Å². The Morgan fingerprint density at radius 1 is 1.26 bits per heavy atom. The van der Waals surface area contributed by atoms with Crippen LogP contribution in [0.15, 0.2) is 41.3 Å². The zero-order chi connectivity index (χ0) is 14.0. The van der Waals surface area contributed by atoms with E-state index in [0.717, 1.165) is 5.56 Å². The Morgan fingerprint density at radius 2 is 2.00 bits per heavy atom. The normalized spacial score (nSPS) is 12.4. The standard InChI is InChI=1S/C14H13ClFNOS/c1-9-6-12(4-5-14(9)17)19(18)8-10-2-3-11(16)7-13(10)15/h2-7H,8,17H2,1H3. The van der Waals surface area contributed by atoms with E-state index in [0.29, 0.717) is 21.2 Å². The molecule has 1 atom stereocenters. The Bertz CT molecular complexity index is 645. The summed E-state index contributed by atoms with van der Waals surface area (Å²) in [6.45, 7) is 1.86. The Morgan fingerprint density at radius 3 is 2.63 bits per heavy atom. The lowest BCUT2D eigenvalue weighted by Gasteiger charge is -2.07. The van der Waals surface area contributed by atoms with Crippen LogP contribution in [0.4, 0.5) is 10.1 Å². The molecule has 2 N–H and O–H groups in total. The maximum atomic E-state index is 12.9. The van der Waals surface area contributed by atoms with E-state index in [1.54, 1.807) is 24.3 Å². The van der Waals surface area contributed by atoms with Crippen molar-refractivity contribution in [2.24, 2.45) is 0 Å². The quantitative estimate of drug-likeness (QED) is 0.878. The highest BCUT2D eigenvalue weighted by atomic mass is 35.5. The summed E-state index contributed by atoms with van der Waals surface area (Å²) < 4.78 is 25.2. The first-order valence-electron chi connectivity index (χ1n) is 5.66. The van der Waals surface area contributed by atoms with Crippen LogP contribution in [-0.2, 0) is 16.6 Å². The summed E-state index contributed by atoms with van der Waals surface area (Å²) in [4.78, 5) is 0.687. The van der Waals surface area contributed by atoms with Crippen LogP contribution >= 0.6 is 11.6 Å². The lowest BCUT2D eigenvalue weighted by molar-refractivity contribution is 0.627. The molecule has 2 aromatic carbocycles. The van der Waals surface area contributed by atoms with E-state index in [2.05, 4.69) is 0 Å². The molecule has 0 aliphatic heterocycles. The average Bonchev–Trinajstić information content (AvgIpc) is 2.36. The molecule has 0 spiro atoms. The van der Waals surface area contributed by atoms with Gasteiger partial charge in [0.25, 0.3) is 0 Å². The Balaban J connectivity index is 2.23. The van der Waals surface area contributed by atoms with Crippen LogP contribution in [0, 0.1) is 12.7 Å². The van der Waals surface area contributed by atoms with Crippen molar-refractivity contribution in [3.63, 3.8) is 0 Å². The molecular weight excluding hydrogens is 285 g/mol. The summed E-state index contributed by atoms with van der Waals surface area (Å²) in [6, 6.07) is 9.35. The van der Waals surface area contributed by atoms with Gasteiger partial charge in [0.1, 0.15) is 5.82 Å². The number of aryl methyl sites for hydroxylation is 1. The second kappa shape index (κ2) is 5.72. The maximum absolute atomic E-state index is 12.9. The van der Waals surface area contributed by atoms with E-state index in [4.69, 9.17) is 17.3 Å². The zero-order valence-electron chi connectivity index (χ0n) is 10.3. The first-order chi connectivity index (χ1) is 8.97. The molecule has 0 amide bonds. The largest absolute Gasteiger partial charge is 0.399 e. The predicted octanol–water partition coefficient (Wildman–Crippen LogP) is 3.68. The van der Waals surface area contributed by atoms with Gasteiger partial charge >= 0.3 is 0 Å². The zero-order valence-corrected chi connectivity index (χ0v) is 11.9. The second-order valence-electron chi connectivity index (χ2n) is 4.24. The summed E-state index contributed by atoms with van der Waals surface area (Å²) in [7, 11) is -1.23. The van der Waals surface area contributed by atoms with Gasteiger partial charge in [0, 0.05) is 15.6 Å². The van der Waals surface area contributed by atoms with Crippen molar-refractivity contribution in [1.29, 1.82) is 0 Å². The molecule has 0 bridgehead atoms. The molecule has 2 nitrogen and oxygen atoms in total. The highest BCUT2D eigenvalue weighted by molar-refractivity contribution is 7.84. The maximum Gasteiger partial charge on any atom is 0.124 e. The SMILES string of the molecule is Cc1cc(S(=O)Cc2ccc(F)cc2Cl)ccc1N. The van der Waals surface area contributed by atoms with E-state index in [-0.39, 0.29) is 5.75 Å². The number of nitrogens with two attached hydrogens (primary N) is 1. The molecule has 19 heavy (non-hydrogen) atoms. The van der Waals surface area contributed by atoms with Gasteiger partial charge in [0.15, 0.2) is 0 Å². The Hall–Kier alpha value is -1.39. The topological polar surface area (TPSA) is 43.1 Å². The number of hydrogen-bond acceptors (Lipinski definition) is 2. The van der Waals surface area contributed by atoms with Crippen LogP contribution in [-0.4, -0.2) is 4.21 Å². The molecule has 0 saturated heterocycles. The van der Waals surface area contributed by atoms with Crippen LogP contribution in [0.3, 0.4) is 0 Å². The molecule has 0 fully saturated rings. The molecule has 100 valence electrons. The summed E-state index contributed by atoms with van der Waals surface area (Å²) in [5.41, 5.74) is 7.94. The third-order valence-corrected chi connectivity index (χ3v) is 4.51. The number of halogens is 2. The molecule has 1 unspecified atom stereocenters. The van der Waals surface area contributed by atoms with Gasteiger partial charge in [-0.3, -0.25) is 4.21 Å². The molecular formula is C14H13ClFNOS. The van der Waals surface area contributed by atoms with Crippen molar-refractivity contribution >= 4 is 28.1 Å². The first kappa shape index (κ1) is 14.0. The van der Waals surface area contributed by atoms with Crippen molar-refractivity contribution in [1.82, 2.24) is 0 Å². The minimum Gasteiger partial charge on any atom is -0.399 e. The van der Waals surface area contributed by atoms with Crippen LogP contribution in [0.1, 0.15) is 11.1 Å². The van der Waals surface area contributed by atoms with Gasteiger partial charge in [-0.25, -0.2) is 4.39 Å². The van der Waals surface area contributed by atoms with Gasteiger partial charge in [-0.2, -0.15) is 0 Å². The van der Waals surface area contributed by atoms with Gasteiger partial charge in [-0.1, -0.05) is 17.7 Å². The number of benzene rings is 2. The summed E-state index contributed by atoms with van der Waals surface area (Å²) in [5, 5.41) is 0.292. The highest BCUT2D eigenvalue weighted by Gasteiger charge is 2.10. The number of hydrogen-bond donors (Lipinski definition) is 1. The van der Waals surface area contributed by atoms with E-state index >= 15 is 0 Å². The van der Waals surface area contributed by atoms with E-state index in [1.165, 1.54) is 12.1 Å². The monoisotopic (exact) mass is 297 g/mol. The van der Waals surface area contributed by atoms with Crippen molar-refractivity contribution in [3.05, 3.63) is 58.4 Å². The predicted molar refractivity (Wildman–Crippen MR) is 77.1 cm³/mol. The molecule has 2 rings (SSSR count). The van der Waals surface area contributed by atoms with Gasteiger partial charge in [-0.15, -0.1) is 0 Å². The number of anilines is 1. The van der Waals surface area contributed by atoms with Crippen LogP contribution in [0.25, 0.3) is 0 Å². The van der Waals surface area contributed by atoms with Gasteiger partial charge in [0.05, 0.1) is 16.6 Å². The molecule has 0 heterocycles. The lowest BCUT2D eigenvalue weighted by Crippen LogP contribution is -1.99. The van der Waals surface area contributed by atoms with E-state index in [1.807, 2.05) is 6.92 Å². The van der Waals surface area contributed by atoms with Gasteiger partial charge in [0.2, 0.25) is 0 Å². The average molecular weight is 298 g/mol. The second-order valence-corrected chi connectivity index (χ2v) is 6.10. The first-order valence-corrected chi connectivity index (χ1v) is 7.35. The Kier molecular flexibility index (Phi) is 4.22. The minimum absolute atomic E-state index is 0.252. The van der Waals surface area contributed by atoms with Crippen molar-refractivity contribution < 1.29 is 8.60 Å². The summed E-state index contributed by atoms with van der Waals surface area (Å²) >= 11 is 5.92. The number of nitrogen functional groups attached to an aromatic ring is 1. The highest BCUT2D eigenvalue weighted by Crippen LogP contribution is 2.22. The van der Waals surface area contributed by atoms with Crippen molar-refractivity contribution in [2.75, 3.05) is 5.73 Å². The minimum atomic E-state index is -1.23. The molecule has 0 radical (unpaired) electrons. The molecule has 2 aromatic rings. The van der Waals surface area contributed by atoms with E-state index < -0.39 is 16.6 Å². The van der Waals surface area contributed by atoms with Crippen LogP contribution in [0.2, 0.25) is 5.02 Å². The van der Waals surface area contributed by atoms with Crippen LogP contribution < -0.4 is 5.73 Å². The third-order valence-electron chi connectivity index (χ3n) is 2.81. The van der Waals surface area contributed by atoms with Gasteiger partial charge < -0.3 is 5.73 Å². The summed E-state index contributed by atoms with van der Waals surface area (Å²) in [5.74, 6) is -0.148. The molecule has 5 heteroatoms. The third kappa shape index (κ3) is 3.33. The van der Waals surface area contributed by atoms with Crippen molar-refractivity contribution in [2.45, 2.75) is 17.6 Å². The molecule has 0 aliphatic carbocycles. The van der Waals surface area contributed by atoms with Crippen LogP contribution in [0.5, 0.6) is 0 Å². The molecule has 0 aliphatic rings. The smallest absolute Gasteiger partial charge is 0.124 e. The van der Waals surface area contributed by atoms with Crippen molar-refractivity contribution in [3.8, 4) is 0 Å². The molecule has 0 saturated carbocycles. The molecule has 0 aromatic heterocycles. The fourth-order valence-corrected chi connectivity index (χ4v) is 3.20.